The molecule has 1 saturated heterocycles. The van der Waals surface area contributed by atoms with Crippen LogP contribution >= 0.6 is 0 Å². The topological polar surface area (TPSA) is 85.2 Å². The lowest BCUT2D eigenvalue weighted by molar-refractivity contribution is -0.117. The number of nitrogens with one attached hydrogen (secondary N) is 1. The SMILES string of the molecule is C#CCCC1(C=CC(=O)NC2COCC2Oc2ccc(F)cn2)N=N1. The highest BCUT2D eigenvalue weighted by molar-refractivity contribution is 5.88. The lowest BCUT2D eigenvalue weighted by atomic mass is 10.1. The molecule has 1 aromatic rings. The third kappa shape index (κ3) is 4.61. The summed E-state index contributed by atoms with van der Waals surface area (Å²) in [6.07, 6.45) is 10.0. The second-order valence-corrected chi connectivity index (χ2v) is 5.74. The molecule has 1 amide bonds. The van der Waals surface area contributed by atoms with E-state index in [-0.39, 0.29) is 17.8 Å². The van der Waals surface area contributed by atoms with Crippen LogP contribution in [0.1, 0.15) is 12.8 Å². The predicted octanol–water partition coefficient (Wildman–Crippen LogP) is 1.61. The average Bonchev–Trinajstić information content (AvgIpc) is 3.27. The van der Waals surface area contributed by atoms with E-state index >= 15 is 0 Å². The van der Waals surface area contributed by atoms with Crippen LogP contribution in [0, 0.1) is 18.2 Å². The maximum atomic E-state index is 12.9. The minimum absolute atomic E-state index is 0.274. The summed E-state index contributed by atoms with van der Waals surface area (Å²) in [6, 6.07) is 2.35. The van der Waals surface area contributed by atoms with Crippen molar-refractivity contribution in [3.05, 3.63) is 36.3 Å². The van der Waals surface area contributed by atoms with Crippen LogP contribution in [-0.2, 0) is 9.53 Å². The van der Waals surface area contributed by atoms with Gasteiger partial charge in [0.05, 0.1) is 25.5 Å². The molecule has 25 heavy (non-hydrogen) atoms. The van der Waals surface area contributed by atoms with Crippen LogP contribution in [-0.4, -0.2) is 41.9 Å². The third-order valence-electron chi connectivity index (χ3n) is 3.82. The fraction of sp³-hybridized carbons (Fsp3) is 0.412. The summed E-state index contributed by atoms with van der Waals surface area (Å²) in [5.74, 6) is 2.06. The van der Waals surface area contributed by atoms with Crippen molar-refractivity contribution in [1.29, 1.82) is 0 Å². The molecule has 0 bridgehead atoms. The Labute approximate surface area is 144 Å². The maximum absolute atomic E-state index is 12.9. The first-order valence-corrected chi connectivity index (χ1v) is 7.83. The molecule has 1 N–H and O–H groups in total. The van der Waals surface area contributed by atoms with Gasteiger partial charge in [0.1, 0.15) is 11.9 Å². The highest BCUT2D eigenvalue weighted by Gasteiger charge is 2.37. The van der Waals surface area contributed by atoms with Crippen molar-refractivity contribution in [2.24, 2.45) is 10.2 Å². The summed E-state index contributed by atoms with van der Waals surface area (Å²) in [5, 5.41) is 10.7. The molecule has 0 radical (unpaired) electrons. The fourth-order valence-electron chi connectivity index (χ4n) is 2.38. The Balaban J connectivity index is 1.52. The zero-order valence-corrected chi connectivity index (χ0v) is 13.4. The van der Waals surface area contributed by atoms with Crippen LogP contribution in [0.4, 0.5) is 4.39 Å². The van der Waals surface area contributed by atoms with Crippen LogP contribution < -0.4 is 10.1 Å². The summed E-state index contributed by atoms with van der Waals surface area (Å²) in [5.41, 5.74) is -0.649. The number of nitrogens with zero attached hydrogens (tertiary/aromatic N) is 3. The minimum atomic E-state index is -0.649. The van der Waals surface area contributed by atoms with Crippen LogP contribution in [0.2, 0.25) is 0 Å². The van der Waals surface area contributed by atoms with E-state index in [0.29, 0.717) is 26.1 Å². The van der Waals surface area contributed by atoms with E-state index in [4.69, 9.17) is 15.9 Å². The number of hydrogen-bond donors (Lipinski definition) is 1. The zero-order valence-electron chi connectivity index (χ0n) is 13.4. The molecule has 2 aliphatic rings. The fourth-order valence-corrected chi connectivity index (χ4v) is 2.38. The summed E-state index contributed by atoms with van der Waals surface area (Å²) in [6.45, 7) is 0.632. The molecule has 2 unspecified atom stereocenters. The second kappa shape index (κ2) is 7.40. The van der Waals surface area contributed by atoms with Gasteiger partial charge in [-0.05, 0) is 12.1 Å². The summed E-state index contributed by atoms with van der Waals surface area (Å²) in [7, 11) is 0. The molecule has 1 aromatic heterocycles. The van der Waals surface area contributed by atoms with Gasteiger partial charge in [0.25, 0.3) is 0 Å². The minimum Gasteiger partial charge on any atom is -0.470 e. The Bertz CT molecular complexity index is 720. The number of carbonyl (C=O) groups excluding carboxylic acids is 1. The van der Waals surface area contributed by atoms with Gasteiger partial charge in [-0.1, -0.05) is 0 Å². The van der Waals surface area contributed by atoms with Crippen molar-refractivity contribution in [1.82, 2.24) is 10.3 Å². The van der Waals surface area contributed by atoms with Crippen LogP contribution in [0.3, 0.4) is 0 Å². The number of aromatic nitrogens is 1. The standard InChI is InChI=1S/C17H17FN4O3/c1-2-3-7-17(21-22-17)8-6-15(23)20-13-10-24-11-14(13)25-16-5-4-12(18)9-19-16/h1,4-6,8-9,13-14H,3,7,10-11H2,(H,20,23). The van der Waals surface area contributed by atoms with Gasteiger partial charge in [0.15, 0.2) is 0 Å². The maximum Gasteiger partial charge on any atom is 0.244 e. The normalized spacial score (nSPS) is 23.4. The summed E-state index contributed by atoms with van der Waals surface area (Å²) in [4.78, 5) is 15.9. The molecule has 3 rings (SSSR count). The Morgan fingerprint density at radius 3 is 3.04 bits per heavy atom. The molecule has 2 atom stereocenters. The van der Waals surface area contributed by atoms with Gasteiger partial charge >= 0.3 is 0 Å². The van der Waals surface area contributed by atoms with E-state index < -0.39 is 17.6 Å². The van der Waals surface area contributed by atoms with E-state index in [1.54, 1.807) is 6.08 Å². The molecule has 3 heterocycles. The Morgan fingerprint density at radius 1 is 1.52 bits per heavy atom. The van der Waals surface area contributed by atoms with E-state index in [2.05, 4.69) is 26.4 Å². The number of amides is 1. The van der Waals surface area contributed by atoms with Crippen LogP contribution in [0.25, 0.3) is 0 Å². The summed E-state index contributed by atoms with van der Waals surface area (Å²) < 4.78 is 23.9. The highest BCUT2D eigenvalue weighted by Crippen LogP contribution is 2.34. The first-order valence-electron chi connectivity index (χ1n) is 7.83. The van der Waals surface area contributed by atoms with Crippen molar-refractivity contribution in [3.8, 4) is 18.2 Å². The predicted molar refractivity (Wildman–Crippen MR) is 86.2 cm³/mol. The molecule has 0 aromatic carbocycles. The van der Waals surface area contributed by atoms with Gasteiger partial charge in [-0.15, -0.1) is 12.3 Å². The Morgan fingerprint density at radius 2 is 2.36 bits per heavy atom. The monoisotopic (exact) mass is 344 g/mol. The Hall–Kier alpha value is -2.79. The van der Waals surface area contributed by atoms with E-state index in [1.807, 2.05) is 0 Å². The molecule has 8 heteroatoms. The van der Waals surface area contributed by atoms with Crippen molar-refractivity contribution < 1.29 is 18.7 Å². The second-order valence-electron chi connectivity index (χ2n) is 5.74. The molecular formula is C17H17FN4O3. The first kappa shape index (κ1) is 17.0. The molecule has 0 saturated carbocycles. The van der Waals surface area contributed by atoms with Gasteiger partial charge in [-0.25, -0.2) is 9.37 Å². The number of carbonyl (C=O) groups is 1. The number of ether oxygens (including phenoxy) is 2. The van der Waals surface area contributed by atoms with Crippen LogP contribution in [0.5, 0.6) is 5.88 Å². The molecule has 7 nitrogen and oxygen atoms in total. The number of pyridine rings is 1. The molecular weight excluding hydrogens is 327 g/mol. The van der Waals surface area contributed by atoms with Gasteiger partial charge < -0.3 is 14.8 Å². The zero-order chi connectivity index (χ0) is 17.7. The lowest BCUT2D eigenvalue weighted by Gasteiger charge is -2.19. The van der Waals surface area contributed by atoms with Crippen molar-refractivity contribution in [3.63, 3.8) is 0 Å². The molecule has 1 fully saturated rings. The number of terminal acetylenes is 1. The first-order chi connectivity index (χ1) is 12.1. The van der Waals surface area contributed by atoms with E-state index in [1.165, 1.54) is 18.2 Å². The lowest BCUT2D eigenvalue weighted by Crippen LogP contribution is -2.44. The van der Waals surface area contributed by atoms with Gasteiger partial charge in [-0.3, -0.25) is 4.79 Å². The quantitative estimate of drug-likeness (QED) is 0.602. The highest BCUT2D eigenvalue weighted by atomic mass is 19.1. The van der Waals surface area contributed by atoms with E-state index in [0.717, 1.165) is 6.20 Å². The number of hydrogen-bond acceptors (Lipinski definition) is 6. The molecule has 0 aliphatic carbocycles. The van der Waals surface area contributed by atoms with Gasteiger partial charge in [0.2, 0.25) is 17.5 Å². The number of rotatable bonds is 7. The summed E-state index contributed by atoms with van der Waals surface area (Å²) >= 11 is 0. The molecule has 0 spiro atoms. The smallest absolute Gasteiger partial charge is 0.244 e. The van der Waals surface area contributed by atoms with E-state index in [9.17, 15) is 9.18 Å². The molecule has 2 aliphatic heterocycles. The van der Waals surface area contributed by atoms with Gasteiger partial charge in [-0.2, -0.15) is 10.2 Å². The van der Waals surface area contributed by atoms with Crippen molar-refractivity contribution in [2.75, 3.05) is 13.2 Å². The van der Waals surface area contributed by atoms with Crippen molar-refractivity contribution >= 4 is 5.91 Å². The third-order valence-corrected chi connectivity index (χ3v) is 3.82. The average molecular weight is 344 g/mol. The largest absolute Gasteiger partial charge is 0.470 e. The Kier molecular flexibility index (Phi) is 5.05. The van der Waals surface area contributed by atoms with Gasteiger partial charge in [0, 0.05) is 25.0 Å². The van der Waals surface area contributed by atoms with Crippen molar-refractivity contribution in [2.45, 2.75) is 30.7 Å². The molecule has 130 valence electrons. The number of halogens is 1. The van der Waals surface area contributed by atoms with Crippen LogP contribution in [0.15, 0.2) is 40.7 Å².